The van der Waals surface area contributed by atoms with Crippen molar-refractivity contribution in [3.63, 3.8) is 0 Å². The van der Waals surface area contributed by atoms with Crippen LogP contribution in [0.3, 0.4) is 0 Å². The molecule has 0 amide bonds. The molecule has 3 rings (SSSR count). The molecule has 3 aliphatic carbocycles. The molecule has 0 bridgehead atoms. The highest BCUT2D eigenvalue weighted by Gasteiger charge is 2.37. The topological polar surface area (TPSA) is 20.2 Å². The van der Waals surface area contributed by atoms with Gasteiger partial charge in [0, 0.05) is 0 Å². The summed E-state index contributed by atoms with van der Waals surface area (Å²) >= 11 is 0. The van der Waals surface area contributed by atoms with E-state index >= 15 is 0 Å². The van der Waals surface area contributed by atoms with Gasteiger partial charge in [-0.2, -0.15) is 0 Å². The first-order chi connectivity index (χ1) is 9.24. The summed E-state index contributed by atoms with van der Waals surface area (Å²) in [6.07, 6.45) is 16.0. The molecule has 0 spiro atoms. The van der Waals surface area contributed by atoms with Crippen molar-refractivity contribution in [1.29, 1.82) is 0 Å². The predicted molar refractivity (Wildman–Crippen MR) is 79.9 cm³/mol. The minimum Gasteiger partial charge on any atom is -0.393 e. The molecule has 0 aliphatic heterocycles. The van der Waals surface area contributed by atoms with Gasteiger partial charge < -0.3 is 5.11 Å². The molecule has 1 nitrogen and oxygen atoms in total. The first-order valence-electron chi connectivity index (χ1n) is 8.30. The van der Waals surface area contributed by atoms with Crippen LogP contribution < -0.4 is 0 Å². The summed E-state index contributed by atoms with van der Waals surface area (Å²) in [6, 6.07) is 0. The summed E-state index contributed by atoms with van der Waals surface area (Å²) in [5.41, 5.74) is 3.19. The van der Waals surface area contributed by atoms with Crippen LogP contribution in [0.4, 0.5) is 0 Å². The van der Waals surface area contributed by atoms with Crippen molar-refractivity contribution < 1.29 is 5.11 Å². The molecule has 3 saturated carbocycles. The van der Waals surface area contributed by atoms with Crippen LogP contribution in [0.5, 0.6) is 0 Å². The fourth-order valence-electron chi connectivity index (χ4n) is 4.60. The van der Waals surface area contributed by atoms with Gasteiger partial charge in [-0.3, -0.25) is 0 Å². The maximum absolute atomic E-state index is 9.74. The molecule has 19 heavy (non-hydrogen) atoms. The van der Waals surface area contributed by atoms with Crippen molar-refractivity contribution in [2.45, 2.75) is 70.8 Å². The predicted octanol–water partition coefficient (Wildman–Crippen LogP) is 4.62. The quantitative estimate of drug-likeness (QED) is 0.729. The Morgan fingerprint density at radius 3 is 2.68 bits per heavy atom. The molecular formula is C18H28O. The second kappa shape index (κ2) is 5.83. The second-order valence-electron chi connectivity index (χ2n) is 7.03. The largest absolute Gasteiger partial charge is 0.393 e. The van der Waals surface area contributed by atoms with Crippen molar-refractivity contribution in [3.05, 3.63) is 23.3 Å². The normalized spacial score (nSPS) is 43.7. The van der Waals surface area contributed by atoms with Gasteiger partial charge in [0.25, 0.3) is 0 Å². The molecule has 0 aromatic rings. The molecule has 4 unspecified atom stereocenters. The lowest BCUT2D eigenvalue weighted by Gasteiger charge is -2.30. The van der Waals surface area contributed by atoms with Gasteiger partial charge in [-0.15, -0.1) is 0 Å². The van der Waals surface area contributed by atoms with E-state index in [4.69, 9.17) is 0 Å². The number of hydrogen-bond donors (Lipinski definition) is 1. The third-order valence-electron chi connectivity index (χ3n) is 5.73. The maximum Gasteiger partial charge on any atom is 0.0577 e. The van der Waals surface area contributed by atoms with Crippen molar-refractivity contribution in [3.8, 4) is 0 Å². The van der Waals surface area contributed by atoms with Crippen LogP contribution in [0.2, 0.25) is 0 Å². The Morgan fingerprint density at radius 1 is 1.00 bits per heavy atom. The first kappa shape index (κ1) is 13.4. The Labute approximate surface area is 117 Å². The Kier molecular flexibility index (Phi) is 4.12. The molecule has 3 fully saturated rings. The van der Waals surface area contributed by atoms with E-state index in [9.17, 15) is 5.11 Å². The number of allylic oxidation sites excluding steroid dienone is 3. The van der Waals surface area contributed by atoms with E-state index in [-0.39, 0.29) is 6.10 Å². The lowest BCUT2D eigenvalue weighted by Crippen LogP contribution is -2.20. The van der Waals surface area contributed by atoms with Gasteiger partial charge in [0.1, 0.15) is 0 Å². The summed E-state index contributed by atoms with van der Waals surface area (Å²) in [7, 11) is 0. The van der Waals surface area contributed by atoms with Gasteiger partial charge in [0.15, 0.2) is 0 Å². The molecule has 0 saturated heterocycles. The van der Waals surface area contributed by atoms with Crippen LogP contribution in [-0.2, 0) is 0 Å². The van der Waals surface area contributed by atoms with E-state index < -0.39 is 0 Å². The molecular weight excluding hydrogens is 232 g/mol. The SMILES string of the molecule is CC1CCC2/C(=C/C=C3\CCCC(O)C3)CCCC12. The number of rotatable bonds is 1. The number of aliphatic hydroxyl groups is 1. The van der Waals surface area contributed by atoms with Crippen LogP contribution in [-0.4, -0.2) is 11.2 Å². The van der Waals surface area contributed by atoms with Crippen LogP contribution in [0.1, 0.15) is 64.7 Å². The van der Waals surface area contributed by atoms with E-state index in [1.54, 1.807) is 5.57 Å². The zero-order chi connectivity index (χ0) is 13.2. The fraction of sp³-hybridized carbons (Fsp3) is 0.778. The van der Waals surface area contributed by atoms with Crippen molar-refractivity contribution in [1.82, 2.24) is 0 Å². The molecule has 0 aromatic carbocycles. The van der Waals surface area contributed by atoms with E-state index in [1.165, 1.54) is 50.5 Å². The Hall–Kier alpha value is -0.560. The minimum absolute atomic E-state index is 0.0796. The molecule has 0 aromatic heterocycles. The summed E-state index contributed by atoms with van der Waals surface area (Å²) in [6.45, 7) is 2.45. The maximum atomic E-state index is 9.74. The third kappa shape index (κ3) is 2.97. The molecule has 4 atom stereocenters. The summed E-state index contributed by atoms with van der Waals surface area (Å²) < 4.78 is 0. The lowest BCUT2D eigenvalue weighted by molar-refractivity contribution is 0.149. The summed E-state index contributed by atoms with van der Waals surface area (Å²) in [5, 5.41) is 9.74. The minimum atomic E-state index is -0.0796. The van der Waals surface area contributed by atoms with Crippen molar-refractivity contribution in [2.75, 3.05) is 0 Å². The highest BCUT2D eigenvalue weighted by Crippen LogP contribution is 2.48. The van der Waals surface area contributed by atoms with Gasteiger partial charge >= 0.3 is 0 Å². The molecule has 0 radical (unpaired) electrons. The monoisotopic (exact) mass is 260 g/mol. The Bertz CT molecular complexity index is 379. The highest BCUT2D eigenvalue weighted by atomic mass is 16.3. The van der Waals surface area contributed by atoms with Gasteiger partial charge in [0.05, 0.1) is 6.10 Å². The highest BCUT2D eigenvalue weighted by molar-refractivity contribution is 5.23. The fourth-order valence-corrected chi connectivity index (χ4v) is 4.60. The number of fused-ring (bicyclic) bond motifs is 1. The van der Waals surface area contributed by atoms with Crippen LogP contribution >= 0.6 is 0 Å². The lowest BCUT2D eigenvalue weighted by atomic mass is 9.75. The number of aliphatic hydroxyl groups excluding tert-OH is 1. The standard InChI is InChI=1S/C18H28O/c1-13-8-11-18-15(5-3-7-17(13)18)10-9-14-4-2-6-16(19)12-14/h9-10,13,16-19H,2-8,11-12H2,1H3/b14-9+,15-10+. The average Bonchev–Trinajstić information content (AvgIpc) is 2.79. The number of hydrogen-bond acceptors (Lipinski definition) is 1. The zero-order valence-corrected chi connectivity index (χ0v) is 12.3. The van der Waals surface area contributed by atoms with Crippen molar-refractivity contribution in [2.24, 2.45) is 17.8 Å². The van der Waals surface area contributed by atoms with Gasteiger partial charge in [0.2, 0.25) is 0 Å². The van der Waals surface area contributed by atoms with Crippen LogP contribution in [0.25, 0.3) is 0 Å². The van der Waals surface area contributed by atoms with Crippen LogP contribution in [0, 0.1) is 17.8 Å². The van der Waals surface area contributed by atoms with Gasteiger partial charge in [-0.05, 0) is 75.5 Å². The second-order valence-corrected chi connectivity index (χ2v) is 7.03. The summed E-state index contributed by atoms with van der Waals surface area (Å²) in [4.78, 5) is 0. The van der Waals surface area contributed by atoms with Gasteiger partial charge in [-0.1, -0.05) is 30.2 Å². The average molecular weight is 260 g/mol. The molecule has 1 heteroatoms. The molecule has 0 heterocycles. The van der Waals surface area contributed by atoms with Crippen LogP contribution in [0.15, 0.2) is 23.3 Å². The van der Waals surface area contributed by atoms with E-state index in [0.29, 0.717) is 0 Å². The Morgan fingerprint density at radius 2 is 1.84 bits per heavy atom. The Balaban J connectivity index is 1.70. The van der Waals surface area contributed by atoms with E-state index in [1.807, 2.05) is 0 Å². The first-order valence-corrected chi connectivity index (χ1v) is 8.30. The van der Waals surface area contributed by atoms with Crippen molar-refractivity contribution >= 4 is 0 Å². The zero-order valence-electron chi connectivity index (χ0n) is 12.3. The molecule has 3 aliphatic rings. The molecule has 1 N–H and O–H groups in total. The third-order valence-corrected chi connectivity index (χ3v) is 5.73. The summed E-state index contributed by atoms with van der Waals surface area (Å²) in [5.74, 6) is 2.79. The van der Waals surface area contributed by atoms with Gasteiger partial charge in [-0.25, -0.2) is 0 Å². The van der Waals surface area contributed by atoms with E-state index in [2.05, 4.69) is 19.1 Å². The molecule has 106 valence electrons. The smallest absolute Gasteiger partial charge is 0.0577 e. The van der Waals surface area contributed by atoms with E-state index in [0.717, 1.165) is 30.6 Å².